The van der Waals surface area contributed by atoms with Crippen LogP contribution < -0.4 is 10.6 Å². The molecule has 0 spiro atoms. The lowest BCUT2D eigenvalue weighted by Crippen LogP contribution is -2.31. The fourth-order valence-corrected chi connectivity index (χ4v) is 3.45. The number of aliphatic hydroxyl groups excluding tert-OH is 1. The van der Waals surface area contributed by atoms with E-state index in [9.17, 15) is 4.39 Å². The number of benzene rings is 1. The van der Waals surface area contributed by atoms with Crippen LogP contribution in [-0.2, 0) is 6.54 Å². The van der Waals surface area contributed by atoms with Crippen molar-refractivity contribution in [1.82, 2.24) is 24.8 Å². The maximum Gasteiger partial charge on any atom is 0.157 e. The first-order chi connectivity index (χ1) is 17.1. The molecule has 1 fully saturated rings. The van der Waals surface area contributed by atoms with Crippen LogP contribution >= 0.6 is 0 Å². The number of aromatic nitrogens is 4. The van der Waals surface area contributed by atoms with Crippen LogP contribution in [0.5, 0.6) is 0 Å². The number of piperidine rings is 1. The zero-order valence-corrected chi connectivity index (χ0v) is 20.9. The molecule has 1 aliphatic heterocycles. The summed E-state index contributed by atoms with van der Waals surface area (Å²) in [6.45, 7) is 11.5. The van der Waals surface area contributed by atoms with Gasteiger partial charge >= 0.3 is 0 Å². The number of aliphatic imine (C=N–C) groups is 1. The lowest BCUT2D eigenvalue weighted by molar-refractivity contribution is 0.173. The molecular formula is C25H37FN8O. The van der Waals surface area contributed by atoms with Crippen LogP contribution in [0, 0.1) is 18.7 Å². The average Bonchev–Trinajstić information content (AvgIpc) is 3.32. The molecule has 190 valence electrons. The molecule has 0 aliphatic carbocycles. The van der Waals surface area contributed by atoms with Crippen molar-refractivity contribution in [2.24, 2.45) is 4.99 Å². The number of β-amino-alcohol motifs (C(OH)–C–C–N with tert-alkyl or cyclic N) is 1. The van der Waals surface area contributed by atoms with Crippen molar-refractivity contribution in [3.63, 3.8) is 0 Å². The standard InChI is InChI=1S/C14H14FN7.C7H15NO.C2H6.C2H2/c1-16-12-13(17-2)19-7-20-14(12)18-6-11-21-9-4-3-8(15)5-10(9)22-11;9-7-6-8-4-2-1-3-5-8;2*1-2/h3-5,7H,1,6H2,2H3,(H,21,22)(H2,17,18,19,20);9H,1-7H2;1-2H3;1-2H. The van der Waals surface area contributed by atoms with E-state index in [-0.39, 0.29) is 5.82 Å². The Bertz CT molecular complexity index is 1030. The van der Waals surface area contributed by atoms with Crippen molar-refractivity contribution in [2.45, 2.75) is 39.7 Å². The van der Waals surface area contributed by atoms with Crippen LogP contribution in [0.25, 0.3) is 11.0 Å². The van der Waals surface area contributed by atoms with Crippen LogP contribution in [-0.4, -0.2) is 69.9 Å². The van der Waals surface area contributed by atoms with Crippen LogP contribution in [0.3, 0.4) is 0 Å². The van der Waals surface area contributed by atoms with Crippen molar-refractivity contribution in [3.05, 3.63) is 36.2 Å². The molecule has 1 aromatic carbocycles. The number of nitrogens with zero attached hydrogens (tertiary/aromatic N) is 5. The Labute approximate surface area is 207 Å². The highest BCUT2D eigenvalue weighted by Crippen LogP contribution is 2.29. The quantitative estimate of drug-likeness (QED) is 0.293. The zero-order chi connectivity index (χ0) is 26.1. The normalized spacial score (nSPS) is 12.7. The third kappa shape index (κ3) is 9.31. The summed E-state index contributed by atoms with van der Waals surface area (Å²) in [7, 11) is 1.74. The number of imidazole rings is 1. The number of rotatable bonds is 7. The van der Waals surface area contributed by atoms with E-state index in [1.807, 2.05) is 13.8 Å². The summed E-state index contributed by atoms with van der Waals surface area (Å²) in [5.41, 5.74) is 1.89. The lowest BCUT2D eigenvalue weighted by atomic mass is 10.1. The van der Waals surface area contributed by atoms with Crippen molar-refractivity contribution in [3.8, 4) is 12.8 Å². The van der Waals surface area contributed by atoms with Crippen molar-refractivity contribution >= 4 is 35.1 Å². The molecule has 10 heteroatoms. The number of hydrogen-bond acceptors (Lipinski definition) is 8. The second kappa shape index (κ2) is 17.0. The number of H-pyrrole nitrogens is 1. The first-order valence-electron chi connectivity index (χ1n) is 11.7. The molecule has 1 aliphatic rings. The molecule has 4 rings (SSSR count). The Morgan fingerprint density at radius 2 is 1.86 bits per heavy atom. The molecule has 3 heterocycles. The average molecular weight is 485 g/mol. The predicted octanol–water partition coefficient (Wildman–Crippen LogP) is 4.22. The minimum absolute atomic E-state index is 0.303. The van der Waals surface area contributed by atoms with Gasteiger partial charge in [-0.3, -0.25) is 4.99 Å². The highest BCUT2D eigenvalue weighted by Gasteiger charge is 2.10. The molecule has 0 bridgehead atoms. The Morgan fingerprint density at radius 1 is 1.17 bits per heavy atom. The Balaban J connectivity index is 0.000000394. The molecule has 1 saturated heterocycles. The summed E-state index contributed by atoms with van der Waals surface area (Å²) < 4.78 is 13.2. The summed E-state index contributed by atoms with van der Waals surface area (Å²) in [6.07, 6.45) is 13.4. The second-order valence-electron chi connectivity index (χ2n) is 7.15. The van der Waals surface area contributed by atoms with Crippen LogP contribution in [0.1, 0.15) is 38.9 Å². The van der Waals surface area contributed by atoms with E-state index < -0.39 is 0 Å². The topological polar surface area (TPSA) is 114 Å². The van der Waals surface area contributed by atoms with E-state index >= 15 is 0 Å². The summed E-state index contributed by atoms with van der Waals surface area (Å²) >= 11 is 0. The molecule has 0 radical (unpaired) electrons. The van der Waals surface area contributed by atoms with Crippen molar-refractivity contribution in [2.75, 3.05) is 43.9 Å². The minimum atomic E-state index is -0.303. The van der Waals surface area contributed by atoms with Gasteiger partial charge in [0.25, 0.3) is 0 Å². The van der Waals surface area contributed by atoms with Gasteiger partial charge < -0.3 is 25.6 Å². The number of anilines is 2. The van der Waals surface area contributed by atoms with Crippen LogP contribution in [0.2, 0.25) is 0 Å². The third-order valence-corrected chi connectivity index (χ3v) is 5.00. The number of likely N-dealkylation sites (tertiary alicyclic amines) is 1. The number of halogens is 1. The molecule has 35 heavy (non-hydrogen) atoms. The van der Waals surface area contributed by atoms with Gasteiger partial charge in [0.1, 0.15) is 23.7 Å². The predicted molar refractivity (Wildman–Crippen MR) is 143 cm³/mol. The third-order valence-electron chi connectivity index (χ3n) is 5.00. The summed E-state index contributed by atoms with van der Waals surface area (Å²) in [6, 6.07) is 4.42. The molecule has 0 saturated carbocycles. The van der Waals surface area contributed by atoms with E-state index in [0.717, 1.165) is 6.54 Å². The fourth-order valence-electron chi connectivity index (χ4n) is 3.45. The van der Waals surface area contributed by atoms with Crippen LogP contribution in [0.15, 0.2) is 29.5 Å². The minimum Gasteiger partial charge on any atom is -0.395 e. The number of aromatic amines is 1. The van der Waals surface area contributed by atoms with E-state index in [1.54, 1.807) is 13.1 Å². The van der Waals surface area contributed by atoms with Gasteiger partial charge in [-0.25, -0.2) is 19.3 Å². The maximum atomic E-state index is 13.2. The molecule has 0 atom stereocenters. The monoisotopic (exact) mass is 484 g/mol. The van der Waals surface area contributed by atoms with Gasteiger partial charge in [0.05, 0.1) is 24.2 Å². The highest BCUT2D eigenvalue weighted by molar-refractivity contribution is 5.76. The first kappa shape index (κ1) is 29.5. The van der Waals surface area contributed by atoms with Crippen LogP contribution in [0.4, 0.5) is 21.7 Å². The Kier molecular flexibility index (Phi) is 14.3. The van der Waals surface area contributed by atoms with Gasteiger partial charge in [-0.15, -0.1) is 12.8 Å². The molecule has 9 nitrogen and oxygen atoms in total. The van der Waals surface area contributed by atoms with Crippen molar-refractivity contribution in [1.29, 1.82) is 0 Å². The highest BCUT2D eigenvalue weighted by atomic mass is 19.1. The lowest BCUT2D eigenvalue weighted by Gasteiger charge is -2.25. The Hall–Kier alpha value is -3.55. The number of fused-ring (bicyclic) bond motifs is 1. The van der Waals surface area contributed by atoms with E-state index in [2.05, 4.69) is 60.0 Å². The smallest absolute Gasteiger partial charge is 0.157 e. The number of terminal acetylenes is 1. The molecular weight excluding hydrogens is 447 g/mol. The van der Waals surface area contributed by atoms with E-state index in [0.29, 0.717) is 47.3 Å². The molecule has 4 N–H and O–H groups in total. The molecule has 0 unspecified atom stereocenters. The largest absolute Gasteiger partial charge is 0.395 e. The van der Waals surface area contributed by atoms with Gasteiger partial charge in [0, 0.05) is 13.6 Å². The van der Waals surface area contributed by atoms with Gasteiger partial charge in [-0.05, 0) is 50.8 Å². The number of hydrogen-bond donors (Lipinski definition) is 4. The van der Waals surface area contributed by atoms with Gasteiger partial charge in [0.2, 0.25) is 0 Å². The fraction of sp³-hybridized carbons (Fsp3) is 0.440. The maximum absolute atomic E-state index is 13.2. The molecule has 3 aromatic rings. The van der Waals surface area contributed by atoms with Gasteiger partial charge in [-0.2, -0.15) is 0 Å². The zero-order valence-electron chi connectivity index (χ0n) is 20.9. The summed E-state index contributed by atoms with van der Waals surface area (Å²) in [5.74, 6) is 1.49. The van der Waals surface area contributed by atoms with E-state index in [1.165, 1.54) is 50.8 Å². The number of nitrogens with one attached hydrogen (secondary N) is 3. The number of aliphatic hydroxyl groups is 1. The molecule has 0 amide bonds. The first-order valence-corrected chi connectivity index (χ1v) is 11.7. The second-order valence-corrected chi connectivity index (χ2v) is 7.15. The SMILES string of the molecule is C#C.C=Nc1c(NC)ncnc1NCc1nc2ccc(F)cc2[nH]1.CC.OCCN1CCCCC1. The molecule has 2 aromatic heterocycles. The Morgan fingerprint density at radius 3 is 2.49 bits per heavy atom. The van der Waals surface area contributed by atoms with E-state index in [4.69, 9.17) is 5.11 Å². The van der Waals surface area contributed by atoms with Gasteiger partial charge in [-0.1, -0.05) is 20.3 Å². The summed E-state index contributed by atoms with van der Waals surface area (Å²) in [5, 5.41) is 14.6. The van der Waals surface area contributed by atoms with Gasteiger partial charge in [0.15, 0.2) is 11.6 Å². The summed E-state index contributed by atoms with van der Waals surface area (Å²) in [4.78, 5) is 21.9. The van der Waals surface area contributed by atoms with Crippen molar-refractivity contribution < 1.29 is 9.50 Å².